The molecule has 1 atom stereocenters. The van der Waals surface area contributed by atoms with Crippen LogP contribution in [0.2, 0.25) is 0 Å². The molecular formula is C14H12Br2F2N2. The van der Waals surface area contributed by atoms with Gasteiger partial charge in [-0.25, -0.2) is 8.78 Å². The molecule has 0 aromatic heterocycles. The quantitative estimate of drug-likeness (QED) is 0.589. The van der Waals surface area contributed by atoms with E-state index in [2.05, 4.69) is 37.3 Å². The predicted octanol–water partition coefficient (Wildman–Crippen LogP) is 4.24. The van der Waals surface area contributed by atoms with Crippen molar-refractivity contribution in [2.24, 2.45) is 5.84 Å². The number of benzene rings is 2. The van der Waals surface area contributed by atoms with Gasteiger partial charge in [0.05, 0.1) is 6.04 Å². The Labute approximate surface area is 132 Å². The summed E-state index contributed by atoms with van der Waals surface area (Å²) in [6.45, 7) is 0. The van der Waals surface area contributed by atoms with Gasteiger partial charge < -0.3 is 0 Å². The van der Waals surface area contributed by atoms with Gasteiger partial charge in [-0.15, -0.1) is 0 Å². The molecular weight excluding hydrogens is 394 g/mol. The van der Waals surface area contributed by atoms with Crippen LogP contribution in [-0.4, -0.2) is 0 Å². The van der Waals surface area contributed by atoms with Crippen LogP contribution in [0.3, 0.4) is 0 Å². The molecule has 2 rings (SSSR count). The molecule has 0 aliphatic heterocycles. The lowest BCUT2D eigenvalue weighted by Crippen LogP contribution is -2.30. The first-order valence-electron chi connectivity index (χ1n) is 5.86. The predicted molar refractivity (Wildman–Crippen MR) is 82.0 cm³/mol. The van der Waals surface area contributed by atoms with Gasteiger partial charge in [0.25, 0.3) is 0 Å². The fourth-order valence-electron chi connectivity index (χ4n) is 1.95. The monoisotopic (exact) mass is 404 g/mol. The lowest BCUT2D eigenvalue weighted by Gasteiger charge is -2.18. The van der Waals surface area contributed by atoms with Gasteiger partial charge in [-0.1, -0.05) is 44.0 Å². The van der Waals surface area contributed by atoms with E-state index in [0.29, 0.717) is 20.1 Å². The van der Waals surface area contributed by atoms with Crippen molar-refractivity contribution in [2.75, 3.05) is 0 Å². The molecule has 0 heterocycles. The average molecular weight is 406 g/mol. The van der Waals surface area contributed by atoms with Crippen molar-refractivity contribution < 1.29 is 8.78 Å². The summed E-state index contributed by atoms with van der Waals surface area (Å²) in [5.41, 5.74) is 3.41. The summed E-state index contributed by atoms with van der Waals surface area (Å²) in [6.07, 6.45) is 0.258. The van der Waals surface area contributed by atoms with Crippen molar-refractivity contribution in [2.45, 2.75) is 12.5 Å². The van der Waals surface area contributed by atoms with E-state index in [1.54, 1.807) is 24.3 Å². The third-order valence-corrected chi connectivity index (χ3v) is 3.96. The van der Waals surface area contributed by atoms with Crippen LogP contribution in [0.5, 0.6) is 0 Å². The molecule has 0 saturated carbocycles. The van der Waals surface area contributed by atoms with Gasteiger partial charge in [0, 0.05) is 14.5 Å². The topological polar surface area (TPSA) is 38.0 Å². The molecule has 0 bridgehead atoms. The fourth-order valence-corrected chi connectivity index (χ4v) is 2.62. The molecule has 0 saturated heterocycles. The van der Waals surface area contributed by atoms with Crippen LogP contribution < -0.4 is 11.3 Å². The van der Waals surface area contributed by atoms with Crippen LogP contribution in [0.1, 0.15) is 17.2 Å². The largest absolute Gasteiger partial charge is 0.271 e. The number of nitrogens with two attached hydrogens (primary N) is 1. The highest BCUT2D eigenvalue weighted by Crippen LogP contribution is 2.25. The second kappa shape index (κ2) is 6.76. The van der Waals surface area contributed by atoms with Crippen molar-refractivity contribution in [1.82, 2.24) is 5.43 Å². The Kier molecular flexibility index (Phi) is 5.26. The molecule has 0 aliphatic carbocycles. The lowest BCUT2D eigenvalue weighted by molar-refractivity contribution is 0.498. The molecule has 2 aromatic carbocycles. The van der Waals surface area contributed by atoms with Gasteiger partial charge >= 0.3 is 0 Å². The van der Waals surface area contributed by atoms with Crippen LogP contribution in [0.4, 0.5) is 8.78 Å². The first kappa shape index (κ1) is 15.6. The highest BCUT2D eigenvalue weighted by molar-refractivity contribution is 9.10. The van der Waals surface area contributed by atoms with Crippen molar-refractivity contribution in [3.63, 3.8) is 0 Å². The maximum Gasteiger partial charge on any atom is 0.129 e. The first-order valence-corrected chi connectivity index (χ1v) is 7.45. The van der Waals surface area contributed by atoms with Crippen LogP contribution in [0, 0.1) is 11.6 Å². The molecule has 2 nitrogen and oxygen atoms in total. The Balaban J connectivity index is 2.28. The number of halogens is 4. The van der Waals surface area contributed by atoms with Crippen molar-refractivity contribution in [3.8, 4) is 0 Å². The number of rotatable bonds is 4. The molecule has 6 heteroatoms. The fraction of sp³-hybridized carbons (Fsp3) is 0.143. The molecule has 0 aliphatic rings. The standard InChI is InChI=1S/C14H12Br2F2N2/c15-9-2-1-8(12(17)6-9)5-14(20-19)11-4-3-10(16)7-13(11)18/h1-4,6-7,14,20H,5,19H2. The Morgan fingerprint density at radius 2 is 1.60 bits per heavy atom. The summed E-state index contributed by atoms with van der Waals surface area (Å²) in [4.78, 5) is 0. The number of hydrogen-bond donors (Lipinski definition) is 2. The minimum absolute atomic E-state index is 0.258. The summed E-state index contributed by atoms with van der Waals surface area (Å²) in [7, 11) is 0. The van der Waals surface area contributed by atoms with E-state index < -0.39 is 6.04 Å². The maximum absolute atomic E-state index is 13.9. The SMILES string of the molecule is NNC(Cc1ccc(Br)cc1F)c1ccc(Br)cc1F. The molecule has 3 N–H and O–H groups in total. The second-order valence-corrected chi connectivity index (χ2v) is 6.16. The Bertz CT molecular complexity index is 620. The summed E-state index contributed by atoms with van der Waals surface area (Å²) in [5.74, 6) is 4.74. The summed E-state index contributed by atoms with van der Waals surface area (Å²) < 4.78 is 29.1. The zero-order chi connectivity index (χ0) is 14.7. The molecule has 0 fully saturated rings. The molecule has 20 heavy (non-hydrogen) atoms. The van der Waals surface area contributed by atoms with E-state index in [1.165, 1.54) is 12.1 Å². The smallest absolute Gasteiger partial charge is 0.129 e. The van der Waals surface area contributed by atoms with E-state index in [9.17, 15) is 8.78 Å². The van der Waals surface area contributed by atoms with Gasteiger partial charge in [-0.05, 0) is 36.2 Å². The molecule has 0 amide bonds. The minimum atomic E-state index is -0.501. The summed E-state index contributed by atoms with van der Waals surface area (Å²) >= 11 is 6.40. The number of nitrogens with one attached hydrogen (secondary N) is 1. The number of hydrogen-bond acceptors (Lipinski definition) is 2. The van der Waals surface area contributed by atoms with E-state index in [-0.39, 0.29) is 18.1 Å². The summed E-state index contributed by atoms with van der Waals surface area (Å²) in [6, 6.07) is 8.98. The Morgan fingerprint density at radius 3 is 2.15 bits per heavy atom. The van der Waals surface area contributed by atoms with Gasteiger partial charge in [-0.2, -0.15) is 0 Å². The van der Waals surface area contributed by atoms with E-state index in [4.69, 9.17) is 5.84 Å². The third kappa shape index (κ3) is 3.63. The highest BCUT2D eigenvalue weighted by atomic mass is 79.9. The van der Waals surface area contributed by atoms with E-state index in [1.807, 2.05) is 0 Å². The van der Waals surface area contributed by atoms with Gasteiger partial charge in [0.2, 0.25) is 0 Å². The first-order chi connectivity index (χ1) is 9.51. The minimum Gasteiger partial charge on any atom is -0.271 e. The normalized spacial score (nSPS) is 12.4. The molecule has 106 valence electrons. The van der Waals surface area contributed by atoms with Crippen molar-refractivity contribution >= 4 is 31.9 Å². The van der Waals surface area contributed by atoms with E-state index in [0.717, 1.165) is 0 Å². The molecule has 0 spiro atoms. The number of hydrazine groups is 1. The Hall–Kier alpha value is -0.820. The Morgan fingerprint density at radius 1 is 1.00 bits per heavy atom. The van der Waals surface area contributed by atoms with Crippen LogP contribution in [-0.2, 0) is 6.42 Å². The van der Waals surface area contributed by atoms with E-state index >= 15 is 0 Å². The van der Waals surface area contributed by atoms with Gasteiger partial charge in [0.1, 0.15) is 11.6 Å². The average Bonchev–Trinajstić information content (AvgIpc) is 2.39. The summed E-state index contributed by atoms with van der Waals surface area (Å²) in [5, 5.41) is 0. The van der Waals surface area contributed by atoms with Gasteiger partial charge in [-0.3, -0.25) is 11.3 Å². The third-order valence-electron chi connectivity index (χ3n) is 2.98. The van der Waals surface area contributed by atoms with Crippen LogP contribution >= 0.6 is 31.9 Å². The molecule has 1 unspecified atom stereocenters. The lowest BCUT2D eigenvalue weighted by atomic mass is 9.98. The van der Waals surface area contributed by atoms with Crippen molar-refractivity contribution in [1.29, 1.82) is 0 Å². The zero-order valence-corrected chi connectivity index (χ0v) is 13.5. The van der Waals surface area contributed by atoms with Crippen molar-refractivity contribution in [3.05, 3.63) is 68.1 Å². The van der Waals surface area contributed by atoms with Crippen LogP contribution in [0.25, 0.3) is 0 Å². The molecule has 2 aromatic rings. The zero-order valence-electron chi connectivity index (χ0n) is 10.3. The highest BCUT2D eigenvalue weighted by Gasteiger charge is 2.17. The maximum atomic E-state index is 13.9. The second-order valence-electron chi connectivity index (χ2n) is 4.32. The van der Waals surface area contributed by atoms with Crippen LogP contribution in [0.15, 0.2) is 45.3 Å². The van der Waals surface area contributed by atoms with Gasteiger partial charge in [0.15, 0.2) is 0 Å². The molecule has 0 radical (unpaired) electrons.